The molecule has 1 saturated heterocycles. The maximum Gasteiger partial charge on any atom is 0.275 e. The fraction of sp³-hybridized carbons (Fsp3) is 0.435. The van der Waals surface area contributed by atoms with Gasteiger partial charge in [-0.25, -0.2) is 4.68 Å². The van der Waals surface area contributed by atoms with Gasteiger partial charge < -0.3 is 14.7 Å². The number of carbonyl (C=O) groups excluding carboxylic acids is 1. The zero-order valence-electron chi connectivity index (χ0n) is 18.1. The number of aliphatic hydroxyl groups is 1. The summed E-state index contributed by atoms with van der Waals surface area (Å²) in [7, 11) is 3.37. The third-order valence-electron chi connectivity index (χ3n) is 6.04. The van der Waals surface area contributed by atoms with Gasteiger partial charge in [-0.1, -0.05) is 35.5 Å². The van der Waals surface area contributed by atoms with Gasteiger partial charge in [0.25, 0.3) is 5.91 Å². The standard InChI is InChI=1S/C23H29N5O3/c1-26(13-14-29)23(30)21-16-28(25-24-21)18-9-11-27(12-10-18)15-20-19-6-4-3-5-17(19)7-8-22(20)31-2/h3-8,16,18,29H,9-15H2,1-2H3. The number of rotatable bonds is 7. The van der Waals surface area contributed by atoms with Gasteiger partial charge in [0, 0.05) is 38.8 Å². The number of fused-ring (bicyclic) bond motifs is 1. The van der Waals surface area contributed by atoms with Gasteiger partial charge in [0.05, 0.1) is 26.0 Å². The van der Waals surface area contributed by atoms with E-state index in [0.717, 1.165) is 38.2 Å². The Labute approximate surface area is 182 Å². The van der Waals surface area contributed by atoms with E-state index in [1.807, 2.05) is 10.7 Å². The first kappa shape index (κ1) is 21.3. The highest BCUT2D eigenvalue weighted by molar-refractivity contribution is 5.91. The zero-order valence-corrected chi connectivity index (χ0v) is 18.1. The number of aromatic nitrogens is 3. The predicted octanol–water partition coefficient (Wildman–Crippen LogP) is 2.34. The Bertz CT molecular complexity index is 1040. The van der Waals surface area contributed by atoms with Crippen LogP contribution < -0.4 is 4.74 Å². The van der Waals surface area contributed by atoms with Crippen molar-refractivity contribution in [1.29, 1.82) is 0 Å². The van der Waals surface area contributed by atoms with Crippen molar-refractivity contribution in [1.82, 2.24) is 24.8 Å². The normalized spacial score (nSPS) is 15.3. The monoisotopic (exact) mass is 423 g/mol. The second-order valence-corrected chi connectivity index (χ2v) is 8.01. The third kappa shape index (κ3) is 4.55. The highest BCUT2D eigenvalue weighted by Crippen LogP contribution is 2.31. The van der Waals surface area contributed by atoms with Crippen molar-refractivity contribution in [2.24, 2.45) is 0 Å². The Morgan fingerprint density at radius 1 is 1.23 bits per heavy atom. The Balaban J connectivity index is 1.41. The van der Waals surface area contributed by atoms with Crippen LogP contribution in [0.1, 0.15) is 34.9 Å². The Morgan fingerprint density at radius 3 is 2.74 bits per heavy atom. The summed E-state index contributed by atoms with van der Waals surface area (Å²) < 4.78 is 7.46. The van der Waals surface area contributed by atoms with E-state index in [9.17, 15) is 4.79 Å². The summed E-state index contributed by atoms with van der Waals surface area (Å²) in [5.41, 5.74) is 1.54. The van der Waals surface area contributed by atoms with Crippen LogP contribution in [0.4, 0.5) is 0 Å². The fourth-order valence-electron chi connectivity index (χ4n) is 4.24. The first-order chi connectivity index (χ1) is 15.1. The molecule has 0 atom stereocenters. The van der Waals surface area contributed by atoms with Crippen LogP contribution in [0.3, 0.4) is 0 Å². The van der Waals surface area contributed by atoms with Crippen molar-refractivity contribution in [2.45, 2.75) is 25.4 Å². The second kappa shape index (κ2) is 9.45. The number of aliphatic hydroxyl groups excluding tert-OH is 1. The molecule has 0 radical (unpaired) electrons. The second-order valence-electron chi connectivity index (χ2n) is 8.01. The molecule has 4 rings (SSSR count). The smallest absolute Gasteiger partial charge is 0.275 e. The van der Waals surface area contributed by atoms with Gasteiger partial charge in [0.1, 0.15) is 5.75 Å². The molecule has 2 heterocycles. The van der Waals surface area contributed by atoms with Gasteiger partial charge in [-0.2, -0.15) is 0 Å². The largest absolute Gasteiger partial charge is 0.496 e. The summed E-state index contributed by atoms with van der Waals surface area (Å²) in [6.07, 6.45) is 3.61. The number of likely N-dealkylation sites (tertiary alicyclic amines) is 1. The lowest BCUT2D eigenvalue weighted by molar-refractivity contribution is 0.0761. The number of amides is 1. The molecule has 8 nitrogen and oxygen atoms in total. The summed E-state index contributed by atoms with van der Waals surface area (Å²) in [6, 6.07) is 12.8. The summed E-state index contributed by atoms with van der Waals surface area (Å²) in [5, 5.41) is 19.7. The lowest BCUT2D eigenvalue weighted by Gasteiger charge is -2.32. The van der Waals surface area contributed by atoms with Gasteiger partial charge in [-0.05, 0) is 29.7 Å². The number of hydrogen-bond donors (Lipinski definition) is 1. The molecule has 1 amide bonds. The molecular formula is C23H29N5O3. The average molecular weight is 424 g/mol. The molecule has 164 valence electrons. The number of methoxy groups -OCH3 is 1. The molecule has 0 spiro atoms. The molecule has 0 unspecified atom stereocenters. The van der Waals surface area contributed by atoms with Gasteiger partial charge in [0.2, 0.25) is 0 Å². The van der Waals surface area contributed by atoms with E-state index in [4.69, 9.17) is 9.84 Å². The summed E-state index contributed by atoms with van der Waals surface area (Å²) in [6.45, 7) is 2.91. The first-order valence-electron chi connectivity index (χ1n) is 10.7. The number of carbonyl (C=O) groups is 1. The van der Waals surface area contributed by atoms with Crippen molar-refractivity contribution >= 4 is 16.7 Å². The van der Waals surface area contributed by atoms with E-state index in [0.29, 0.717) is 5.69 Å². The van der Waals surface area contributed by atoms with Crippen LogP contribution in [0, 0.1) is 0 Å². The minimum atomic E-state index is -0.221. The number of likely N-dealkylation sites (N-methyl/N-ethyl adjacent to an activating group) is 1. The van der Waals surface area contributed by atoms with Gasteiger partial charge >= 0.3 is 0 Å². The Hall–Kier alpha value is -2.97. The summed E-state index contributed by atoms with van der Waals surface area (Å²) in [4.78, 5) is 16.2. The number of ether oxygens (including phenoxy) is 1. The van der Waals surface area contributed by atoms with Gasteiger partial charge in [-0.3, -0.25) is 9.69 Å². The van der Waals surface area contributed by atoms with E-state index in [-0.39, 0.29) is 25.1 Å². The topological polar surface area (TPSA) is 83.7 Å². The lowest BCUT2D eigenvalue weighted by Crippen LogP contribution is -2.34. The van der Waals surface area contributed by atoms with E-state index < -0.39 is 0 Å². The molecule has 0 aliphatic carbocycles. The SMILES string of the molecule is COc1ccc2ccccc2c1CN1CCC(n2cc(C(=O)N(C)CCO)nn2)CC1. The van der Waals surface area contributed by atoms with Gasteiger partial charge in [0.15, 0.2) is 5.69 Å². The van der Waals surface area contributed by atoms with E-state index in [2.05, 4.69) is 45.5 Å². The van der Waals surface area contributed by atoms with Crippen LogP contribution in [-0.4, -0.2) is 76.2 Å². The molecule has 1 aliphatic heterocycles. The van der Waals surface area contributed by atoms with Crippen LogP contribution in [0.5, 0.6) is 5.75 Å². The molecule has 0 bridgehead atoms. The van der Waals surface area contributed by atoms with Crippen LogP contribution in [0.15, 0.2) is 42.6 Å². The van der Waals surface area contributed by atoms with Crippen molar-refractivity contribution in [2.75, 3.05) is 40.4 Å². The maximum atomic E-state index is 12.3. The van der Waals surface area contributed by atoms with Crippen LogP contribution in [0.25, 0.3) is 10.8 Å². The minimum Gasteiger partial charge on any atom is -0.496 e. The lowest BCUT2D eigenvalue weighted by atomic mass is 10.0. The molecule has 1 aromatic heterocycles. The first-order valence-corrected chi connectivity index (χ1v) is 10.7. The molecule has 2 aromatic carbocycles. The predicted molar refractivity (Wildman–Crippen MR) is 118 cm³/mol. The zero-order chi connectivity index (χ0) is 21.8. The number of hydrogen-bond acceptors (Lipinski definition) is 6. The van der Waals surface area contributed by atoms with Crippen molar-refractivity contribution in [3.8, 4) is 5.75 Å². The van der Waals surface area contributed by atoms with Gasteiger partial charge in [-0.15, -0.1) is 5.10 Å². The molecule has 8 heteroatoms. The van der Waals surface area contributed by atoms with E-state index >= 15 is 0 Å². The number of piperidine rings is 1. The summed E-state index contributed by atoms with van der Waals surface area (Å²) in [5.74, 6) is 0.702. The quantitative estimate of drug-likeness (QED) is 0.628. The molecule has 1 fully saturated rings. The summed E-state index contributed by atoms with van der Waals surface area (Å²) >= 11 is 0. The van der Waals surface area contributed by atoms with Crippen molar-refractivity contribution in [3.05, 3.63) is 53.9 Å². The van der Waals surface area contributed by atoms with Crippen LogP contribution in [0.2, 0.25) is 0 Å². The van der Waals surface area contributed by atoms with Crippen molar-refractivity contribution < 1.29 is 14.6 Å². The molecule has 3 aromatic rings. The third-order valence-corrected chi connectivity index (χ3v) is 6.04. The molecule has 1 N–H and O–H groups in total. The van der Waals surface area contributed by atoms with E-state index in [1.54, 1.807) is 20.4 Å². The van der Waals surface area contributed by atoms with Crippen molar-refractivity contribution in [3.63, 3.8) is 0 Å². The number of nitrogens with zero attached hydrogens (tertiary/aromatic N) is 5. The molecule has 1 aliphatic rings. The molecule has 31 heavy (non-hydrogen) atoms. The molecular weight excluding hydrogens is 394 g/mol. The number of benzene rings is 2. The minimum absolute atomic E-state index is 0.0731. The Kier molecular flexibility index (Phi) is 6.48. The highest BCUT2D eigenvalue weighted by Gasteiger charge is 2.24. The Morgan fingerprint density at radius 2 is 2.00 bits per heavy atom. The van der Waals surface area contributed by atoms with Crippen LogP contribution in [-0.2, 0) is 6.54 Å². The average Bonchev–Trinajstić information content (AvgIpc) is 3.29. The van der Waals surface area contributed by atoms with E-state index in [1.165, 1.54) is 21.2 Å². The molecule has 0 saturated carbocycles. The fourth-order valence-corrected chi connectivity index (χ4v) is 4.24. The highest BCUT2D eigenvalue weighted by atomic mass is 16.5. The van der Waals surface area contributed by atoms with Crippen LogP contribution >= 0.6 is 0 Å². The maximum absolute atomic E-state index is 12.3.